The van der Waals surface area contributed by atoms with Gasteiger partial charge in [0.25, 0.3) is 5.89 Å². The van der Waals surface area contributed by atoms with Crippen molar-refractivity contribution >= 4 is 17.2 Å². The number of rotatable bonds is 10. The van der Waals surface area contributed by atoms with Crippen molar-refractivity contribution in [3.8, 4) is 16.8 Å². The first-order valence-electron chi connectivity index (χ1n) is 8.84. The zero-order chi connectivity index (χ0) is 19.3. The molecule has 0 unspecified atom stereocenters. The molecule has 0 spiro atoms. The minimum absolute atomic E-state index is 0.129. The van der Waals surface area contributed by atoms with E-state index in [1.807, 2.05) is 22.4 Å². The van der Waals surface area contributed by atoms with Crippen molar-refractivity contribution in [2.24, 2.45) is 5.92 Å². The number of nitriles is 1. The van der Waals surface area contributed by atoms with E-state index in [0.29, 0.717) is 31.5 Å². The monoisotopic (exact) mass is 389 g/mol. The lowest BCUT2D eigenvalue weighted by Crippen LogP contribution is -2.50. The fourth-order valence-electron chi connectivity index (χ4n) is 2.86. The summed E-state index contributed by atoms with van der Waals surface area (Å²) >= 11 is 1.53. The molecule has 2 aromatic rings. The number of nitrogens with zero attached hydrogens (tertiary/aromatic N) is 4. The second kappa shape index (κ2) is 8.61. The van der Waals surface area contributed by atoms with E-state index in [2.05, 4.69) is 21.6 Å². The number of carbonyl (C=O) groups excluding carboxylic acids is 1. The molecule has 1 aliphatic carbocycles. The van der Waals surface area contributed by atoms with Gasteiger partial charge in [-0.05, 0) is 37.1 Å². The van der Waals surface area contributed by atoms with Crippen molar-refractivity contribution < 1.29 is 13.9 Å². The zero-order valence-electron chi connectivity index (χ0n) is 15.5. The summed E-state index contributed by atoms with van der Waals surface area (Å²) in [5.41, 5.74) is -0.805. The van der Waals surface area contributed by atoms with Crippen molar-refractivity contribution in [3.63, 3.8) is 0 Å². The molecule has 1 fully saturated rings. The van der Waals surface area contributed by atoms with Crippen LogP contribution in [0, 0.1) is 17.2 Å². The van der Waals surface area contributed by atoms with Crippen molar-refractivity contribution in [3.05, 3.63) is 23.4 Å². The van der Waals surface area contributed by atoms with E-state index < -0.39 is 5.54 Å². The van der Waals surface area contributed by atoms with E-state index in [1.165, 1.54) is 11.3 Å². The van der Waals surface area contributed by atoms with Gasteiger partial charge >= 0.3 is 0 Å². The van der Waals surface area contributed by atoms with E-state index in [4.69, 9.17) is 9.15 Å². The normalized spacial score (nSPS) is 16.1. The predicted molar refractivity (Wildman–Crippen MR) is 99.6 cm³/mol. The van der Waals surface area contributed by atoms with Gasteiger partial charge in [-0.3, -0.25) is 9.69 Å². The Balaban J connectivity index is 1.61. The third kappa shape index (κ3) is 5.13. The summed E-state index contributed by atoms with van der Waals surface area (Å²) in [6.07, 6.45) is 1.95. The molecule has 0 aliphatic heterocycles. The highest BCUT2D eigenvalue weighted by atomic mass is 32.1. The van der Waals surface area contributed by atoms with Crippen LogP contribution in [0.25, 0.3) is 10.8 Å². The van der Waals surface area contributed by atoms with Crippen LogP contribution in [0.5, 0.6) is 0 Å². The molecule has 9 heteroatoms. The summed E-state index contributed by atoms with van der Waals surface area (Å²) in [6, 6.07) is 6.08. The molecule has 0 radical (unpaired) electrons. The van der Waals surface area contributed by atoms with Gasteiger partial charge in [-0.1, -0.05) is 6.07 Å². The molecule has 27 heavy (non-hydrogen) atoms. The lowest BCUT2D eigenvalue weighted by atomic mass is 9.98. The molecule has 8 nitrogen and oxygen atoms in total. The Labute approximate surface area is 162 Å². The standard InChI is InChI=1S/C18H23N5O3S/c1-18(12-19,13-5-6-13)20-15(24)10-23(7-8-25-2)11-16-21-22-17(26-16)14-4-3-9-27-14/h3-4,9,13H,5-8,10-11H2,1-2H3,(H,20,24)/t18-/m1/s1. The fourth-order valence-corrected chi connectivity index (χ4v) is 3.50. The number of aromatic nitrogens is 2. The predicted octanol–water partition coefficient (Wildman–Crippen LogP) is 2.05. The van der Waals surface area contributed by atoms with Gasteiger partial charge in [0, 0.05) is 13.7 Å². The molecular weight excluding hydrogens is 366 g/mol. The van der Waals surface area contributed by atoms with E-state index in [9.17, 15) is 10.1 Å². The molecule has 1 aliphatic rings. The van der Waals surface area contributed by atoms with Crippen LogP contribution >= 0.6 is 11.3 Å². The van der Waals surface area contributed by atoms with Crippen LogP contribution in [0.2, 0.25) is 0 Å². The third-order valence-corrected chi connectivity index (χ3v) is 5.42. The van der Waals surface area contributed by atoms with Crippen LogP contribution in [0.3, 0.4) is 0 Å². The maximum absolute atomic E-state index is 12.5. The van der Waals surface area contributed by atoms with Gasteiger partial charge in [0.05, 0.1) is 30.6 Å². The molecule has 2 heterocycles. The van der Waals surface area contributed by atoms with Gasteiger partial charge in [0.15, 0.2) is 0 Å². The molecule has 0 bridgehead atoms. The van der Waals surface area contributed by atoms with Crippen LogP contribution in [0.1, 0.15) is 25.7 Å². The van der Waals surface area contributed by atoms with Crippen molar-refractivity contribution in [1.29, 1.82) is 5.26 Å². The number of hydrogen-bond donors (Lipinski definition) is 1. The summed E-state index contributed by atoms with van der Waals surface area (Å²) in [5, 5.41) is 22.4. The van der Waals surface area contributed by atoms with Crippen LogP contribution in [-0.4, -0.2) is 53.3 Å². The molecule has 1 saturated carbocycles. The molecule has 144 valence electrons. The number of carbonyl (C=O) groups is 1. The van der Waals surface area contributed by atoms with Gasteiger partial charge in [0.1, 0.15) is 5.54 Å². The molecule has 2 aromatic heterocycles. The minimum Gasteiger partial charge on any atom is -0.419 e. The van der Waals surface area contributed by atoms with Gasteiger partial charge < -0.3 is 14.5 Å². The van der Waals surface area contributed by atoms with Crippen LogP contribution in [-0.2, 0) is 16.1 Å². The number of nitrogens with one attached hydrogen (secondary N) is 1. The smallest absolute Gasteiger partial charge is 0.257 e. The van der Waals surface area contributed by atoms with Gasteiger partial charge in [0.2, 0.25) is 11.8 Å². The lowest BCUT2D eigenvalue weighted by molar-refractivity contribution is -0.124. The summed E-state index contributed by atoms with van der Waals surface area (Å²) in [4.78, 5) is 15.3. The first kappa shape index (κ1) is 19.5. The van der Waals surface area contributed by atoms with Crippen molar-refractivity contribution in [1.82, 2.24) is 20.4 Å². The summed E-state index contributed by atoms with van der Waals surface area (Å²) in [5.74, 6) is 0.956. The Kier molecular flexibility index (Phi) is 6.21. The third-order valence-electron chi connectivity index (χ3n) is 4.56. The Morgan fingerprint density at radius 3 is 3.00 bits per heavy atom. The molecule has 1 N–H and O–H groups in total. The van der Waals surface area contributed by atoms with Gasteiger partial charge in [-0.25, -0.2) is 0 Å². The first-order valence-corrected chi connectivity index (χ1v) is 9.72. The van der Waals surface area contributed by atoms with Crippen molar-refractivity contribution in [2.75, 3.05) is 26.8 Å². The van der Waals surface area contributed by atoms with E-state index in [1.54, 1.807) is 14.0 Å². The SMILES string of the molecule is COCCN(CC(=O)N[C@](C)(C#N)C1CC1)Cc1nnc(-c2cccs2)o1. The average molecular weight is 389 g/mol. The van der Waals surface area contributed by atoms with E-state index in [-0.39, 0.29) is 18.4 Å². The van der Waals surface area contributed by atoms with Crippen LogP contribution in [0.15, 0.2) is 21.9 Å². The molecule has 3 rings (SSSR count). The molecule has 0 saturated heterocycles. The fraction of sp³-hybridized carbons (Fsp3) is 0.556. The average Bonchev–Trinajstić information content (AvgIpc) is 3.18. The number of hydrogen-bond acceptors (Lipinski definition) is 8. The quantitative estimate of drug-likeness (QED) is 0.663. The molecule has 1 atom stereocenters. The van der Waals surface area contributed by atoms with E-state index >= 15 is 0 Å². The van der Waals surface area contributed by atoms with Crippen LogP contribution < -0.4 is 5.32 Å². The Bertz CT molecular complexity index is 796. The second-order valence-electron chi connectivity index (χ2n) is 6.82. The van der Waals surface area contributed by atoms with Gasteiger partial charge in [-0.15, -0.1) is 21.5 Å². The lowest BCUT2D eigenvalue weighted by Gasteiger charge is -2.25. The highest BCUT2D eigenvalue weighted by molar-refractivity contribution is 7.13. The Hall–Kier alpha value is -2.28. The number of methoxy groups -OCH3 is 1. The maximum atomic E-state index is 12.5. The highest BCUT2D eigenvalue weighted by Crippen LogP contribution is 2.39. The van der Waals surface area contributed by atoms with E-state index in [0.717, 1.165) is 17.7 Å². The highest BCUT2D eigenvalue weighted by Gasteiger charge is 2.43. The Morgan fingerprint density at radius 2 is 2.37 bits per heavy atom. The van der Waals surface area contributed by atoms with Crippen molar-refractivity contribution in [2.45, 2.75) is 31.8 Å². The van der Waals surface area contributed by atoms with Gasteiger partial charge in [-0.2, -0.15) is 5.26 Å². The topological polar surface area (TPSA) is 104 Å². The number of amides is 1. The summed E-state index contributed by atoms with van der Waals surface area (Å²) in [6.45, 7) is 3.25. The first-order chi connectivity index (χ1) is 13.0. The molecule has 0 aromatic carbocycles. The Morgan fingerprint density at radius 1 is 1.56 bits per heavy atom. The number of thiophene rings is 1. The molecular formula is C18H23N5O3S. The summed E-state index contributed by atoms with van der Waals surface area (Å²) in [7, 11) is 1.61. The summed E-state index contributed by atoms with van der Waals surface area (Å²) < 4.78 is 10.8. The number of ether oxygens (including phenoxy) is 1. The minimum atomic E-state index is -0.805. The van der Waals surface area contributed by atoms with Crippen LogP contribution in [0.4, 0.5) is 0 Å². The largest absolute Gasteiger partial charge is 0.419 e. The molecule has 1 amide bonds. The zero-order valence-corrected chi connectivity index (χ0v) is 16.3. The second-order valence-corrected chi connectivity index (χ2v) is 7.77. The maximum Gasteiger partial charge on any atom is 0.257 e.